The van der Waals surface area contributed by atoms with Crippen molar-refractivity contribution in [1.29, 1.82) is 0 Å². The summed E-state index contributed by atoms with van der Waals surface area (Å²) in [5, 5.41) is 0. The summed E-state index contributed by atoms with van der Waals surface area (Å²) in [6.45, 7) is 4.72. The molecule has 1 aromatic rings. The second-order valence-electron chi connectivity index (χ2n) is 4.27. The van der Waals surface area contributed by atoms with Gasteiger partial charge in [-0.1, -0.05) is 18.2 Å². The minimum atomic E-state index is -4.27. The fourth-order valence-corrected chi connectivity index (χ4v) is 2.61. The van der Waals surface area contributed by atoms with E-state index in [1.807, 2.05) is 4.90 Å². The van der Waals surface area contributed by atoms with Crippen LogP contribution in [0.2, 0.25) is 0 Å². The van der Waals surface area contributed by atoms with Gasteiger partial charge in [-0.05, 0) is 29.5 Å². The van der Waals surface area contributed by atoms with Gasteiger partial charge in [0, 0.05) is 11.4 Å². The van der Waals surface area contributed by atoms with Gasteiger partial charge in [-0.2, -0.15) is 13.2 Å². The molecule has 1 heterocycles. The van der Waals surface area contributed by atoms with Crippen LogP contribution in [0.15, 0.2) is 46.8 Å². The van der Waals surface area contributed by atoms with Crippen LogP contribution in [0.3, 0.4) is 0 Å². The molecule has 1 aliphatic heterocycles. The summed E-state index contributed by atoms with van der Waals surface area (Å²) in [5.74, 6) is 0.434. The highest BCUT2D eigenvalue weighted by Gasteiger charge is 2.30. The zero-order valence-corrected chi connectivity index (χ0v) is 11.4. The van der Waals surface area contributed by atoms with Gasteiger partial charge >= 0.3 is 5.51 Å². The van der Waals surface area contributed by atoms with Gasteiger partial charge in [-0.15, -0.1) is 6.58 Å². The van der Waals surface area contributed by atoms with E-state index in [-0.39, 0.29) is 22.7 Å². The zero-order valence-electron chi connectivity index (χ0n) is 10.6. The van der Waals surface area contributed by atoms with Gasteiger partial charge in [0.2, 0.25) is 0 Å². The summed E-state index contributed by atoms with van der Waals surface area (Å²) >= 11 is -0.120. The number of alkyl halides is 3. The van der Waals surface area contributed by atoms with E-state index in [0.717, 1.165) is 5.56 Å². The molecular weight excluding hydrogens is 287 g/mol. The lowest BCUT2D eigenvalue weighted by atomic mass is 10.1. The molecule has 7 heteroatoms. The Kier molecular flexibility index (Phi) is 4.27. The Hall–Kier alpha value is -1.63. The van der Waals surface area contributed by atoms with Crippen molar-refractivity contribution in [1.82, 2.24) is 4.90 Å². The summed E-state index contributed by atoms with van der Waals surface area (Å²) in [7, 11) is 0. The lowest BCUT2D eigenvalue weighted by Gasteiger charge is -2.25. The summed E-state index contributed by atoms with van der Waals surface area (Å²) in [4.78, 5) is 6.21. The highest BCUT2D eigenvalue weighted by Crippen LogP contribution is 2.37. The summed E-state index contributed by atoms with van der Waals surface area (Å²) in [6, 6.07) is 6.26. The maximum absolute atomic E-state index is 12.3. The number of rotatable bonds is 4. The topological polar surface area (TPSA) is 41.6 Å². The number of aliphatic imine (C=N–C) groups is 1. The molecule has 3 nitrogen and oxygen atoms in total. The molecule has 0 amide bonds. The first-order valence-electron chi connectivity index (χ1n) is 5.94. The maximum atomic E-state index is 12.3. The van der Waals surface area contributed by atoms with Crippen molar-refractivity contribution < 1.29 is 13.2 Å². The Labute approximate surface area is 119 Å². The second kappa shape index (κ2) is 5.78. The average molecular weight is 301 g/mol. The molecule has 0 saturated carbocycles. The number of hydrogen-bond donors (Lipinski definition) is 1. The predicted molar refractivity (Wildman–Crippen MR) is 74.5 cm³/mol. The number of thioether (sulfide) groups is 1. The first-order valence-corrected chi connectivity index (χ1v) is 6.75. The molecule has 0 bridgehead atoms. The van der Waals surface area contributed by atoms with Gasteiger partial charge in [0.1, 0.15) is 0 Å². The van der Waals surface area contributed by atoms with E-state index in [1.165, 1.54) is 12.1 Å². The maximum Gasteiger partial charge on any atom is 0.446 e. The Morgan fingerprint density at radius 3 is 2.60 bits per heavy atom. The fraction of sp³-hybridized carbons (Fsp3) is 0.308. The molecule has 0 aromatic heterocycles. The van der Waals surface area contributed by atoms with Crippen LogP contribution in [0.25, 0.3) is 0 Å². The monoisotopic (exact) mass is 301 g/mol. The highest BCUT2D eigenvalue weighted by molar-refractivity contribution is 8.00. The Balaban J connectivity index is 2.12. The molecule has 1 atom stereocenters. The molecule has 0 fully saturated rings. The van der Waals surface area contributed by atoms with Gasteiger partial charge in [0.15, 0.2) is 5.96 Å². The summed E-state index contributed by atoms with van der Waals surface area (Å²) < 4.78 is 36.8. The third-order valence-electron chi connectivity index (χ3n) is 2.92. The number of nitrogens with zero attached hydrogens (tertiary/aromatic N) is 2. The van der Waals surface area contributed by atoms with Gasteiger partial charge in [0.05, 0.1) is 12.6 Å². The number of halogens is 3. The van der Waals surface area contributed by atoms with Crippen molar-refractivity contribution in [3.8, 4) is 0 Å². The van der Waals surface area contributed by atoms with Crippen LogP contribution in [0.4, 0.5) is 13.2 Å². The van der Waals surface area contributed by atoms with Crippen molar-refractivity contribution >= 4 is 17.7 Å². The third-order valence-corrected chi connectivity index (χ3v) is 3.66. The van der Waals surface area contributed by atoms with E-state index in [9.17, 15) is 13.2 Å². The Morgan fingerprint density at radius 1 is 1.40 bits per heavy atom. The molecule has 108 valence electrons. The molecule has 0 saturated heterocycles. The second-order valence-corrected chi connectivity index (χ2v) is 5.41. The molecule has 20 heavy (non-hydrogen) atoms. The standard InChI is InChI=1S/C13H14F3N3S/c1-2-7-19-11(8-18-12(19)17)9-3-5-10(6-4-9)20-13(14,15)16/h2-6,11H,1,7-8H2,(H2,17,18). The first kappa shape index (κ1) is 14.8. The minimum absolute atomic E-state index is 0.0436. The van der Waals surface area contributed by atoms with Crippen LogP contribution < -0.4 is 5.73 Å². The lowest BCUT2D eigenvalue weighted by Crippen LogP contribution is -2.36. The molecule has 1 unspecified atom stereocenters. The molecule has 1 aromatic carbocycles. The predicted octanol–water partition coefficient (Wildman–Crippen LogP) is 3.16. The van der Waals surface area contributed by atoms with Crippen molar-refractivity contribution in [3.05, 3.63) is 42.5 Å². The molecule has 0 aliphatic carbocycles. The van der Waals surface area contributed by atoms with E-state index in [0.29, 0.717) is 19.0 Å². The molecular formula is C13H14F3N3S. The van der Waals surface area contributed by atoms with Crippen molar-refractivity contribution in [2.75, 3.05) is 13.1 Å². The summed E-state index contributed by atoms with van der Waals surface area (Å²) in [5.41, 5.74) is 2.41. The molecule has 2 rings (SSSR count). The SMILES string of the molecule is C=CCN1C(N)=NCC1c1ccc(SC(F)(F)F)cc1. The number of guanidine groups is 1. The summed E-state index contributed by atoms with van der Waals surface area (Å²) in [6.07, 6.45) is 1.72. The normalized spacial score (nSPS) is 19.1. The van der Waals surface area contributed by atoms with Crippen LogP contribution in [0.5, 0.6) is 0 Å². The van der Waals surface area contributed by atoms with Crippen molar-refractivity contribution in [3.63, 3.8) is 0 Å². The van der Waals surface area contributed by atoms with Gasteiger partial charge < -0.3 is 10.6 Å². The van der Waals surface area contributed by atoms with E-state index >= 15 is 0 Å². The van der Waals surface area contributed by atoms with E-state index in [1.54, 1.807) is 18.2 Å². The third kappa shape index (κ3) is 3.47. The van der Waals surface area contributed by atoms with Crippen LogP contribution in [0, 0.1) is 0 Å². The Morgan fingerprint density at radius 2 is 2.05 bits per heavy atom. The van der Waals surface area contributed by atoms with Gasteiger partial charge in [0.25, 0.3) is 0 Å². The van der Waals surface area contributed by atoms with Crippen LogP contribution >= 0.6 is 11.8 Å². The highest BCUT2D eigenvalue weighted by atomic mass is 32.2. The van der Waals surface area contributed by atoms with Crippen LogP contribution in [-0.4, -0.2) is 29.5 Å². The molecule has 0 spiro atoms. The zero-order chi connectivity index (χ0) is 14.8. The van der Waals surface area contributed by atoms with Gasteiger partial charge in [-0.25, -0.2) is 0 Å². The lowest BCUT2D eigenvalue weighted by molar-refractivity contribution is -0.0328. The molecule has 1 aliphatic rings. The first-order chi connectivity index (χ1) is 9.40. The van der Waals surface area contributed by atoms with Crippen molar-refractivity contribution in [2.24, 2.45) is 10.7 Å². The van der Waals surface area contributed by atoms with E-state index < -0.39 is 5.51 Å². The number of nitrogens with two attached hydrogens (primary N) is 1. The van der Waals surface area contributed by atoms with Crippen molar-refractivity contribution in [2.45, 2.75) is 16.4 Å². The van der Waals surface area contributed by atoms with Crippen LogP contribution in [0.1, 0.15) is 11.6 Å². The minimum Gasteiger partial charge on any atom is -0.370 e. The average Bonchev–Trinajstić information content (AvgIpc) is 2.71. The van der Waals surface area contributed by atoms with E-state index in [4.69, 9.17) is 5.73 Å². The smallest absolute Gasteiger partial charge is 0.370 e. The van der Waals surface area contributed by atoms with Gasteiger partial charge in [-0.3, -0.25) is 4.99 Å². The number of benzene rings is 1. The quantitative estimate of drug-likeness (QED) is 0.686. The molecule has 0 radical (unpaired) electrons. The largest absolute Gasteiger partial charge is 0.446 e. The van der Waals surface area contributed by atoms with Crippen LogP contribution in [-0.2, 0) is 0 Å². The number of hydrogen-bond acceptors (Lipinski definition) is 4. The molecule has 2 N–H and O–H groups in total. The van der Waals surface area contributed by atoms with E-state index in [2.05, 4.69) is 11.6 Å². The fourth-order valence-electron chi connectivity index (χ4n) is 2.07. The Bertz CT molecular complexity index is 511.